The summed E-state index contributed by atoms with van der Waals surface area (Å²) in [4.78, 5) is 4.98. The van der Waals surface area contributed by atoms with Crippen LogP contribution in [-0.2, 0) is 6.42 Å². The van der Waals surface area contributed by atoms with E-state index < -0.39 is 0 Å². The highest BCUT2D eigenvalue weighted by Gasteiger charge is 2.35. The Morgan fingerprint density at radius 2 is 2.14 bits per heavy atom. The van der Waals surface area contributed by atoms with Crippen molar-refractivity contribution in [1.82, 2.24) is 9.80 Å². The van der Waals surface area contributed by atoms with Crippen LogP contribution in [0.2, 0.25) is 0 Å². The van der Waals surface area contributed by atoms with Crippen molar-refractivity contribution in [2.75, 3.05) is 32.7 Å². The lowest BCUT2D eigenvalue weighted by Crippen LogP contribution is -2.62. The third-order valence-electron chi connectivity index (χ3n) is 4.85. The van der Waals surface area contributed by atoms with Crippen LogP contribution >= 0.6 is 0 Å². The smallest absolute Gasteiger partial charge is 0.123 e. The Labute approximate surface area is 127 Å². The largest absolute Gasteiger partial charge is 0.329 e. The quantitative estimate of drug-likeness (QED) is 0.902. The summed E-state index contributed by atoms with van der Waals surface area (Å²) in [6.07, 6.45) is 0.792. The van der Waals surface area contributed by atoms with E-state index in [2.05, 4.69) is 30.6 Å². The average Bonchev–Trinajstić information content (AvgIpc) is 2.47. The fourth-order valence-electron chi connectivity index (χ4n) is 3.36. The number of likely N-dealkylation sites (N-methyl/N-ethyl adjacent to an activating group) is 1. The summed E-state index contributed by atoms with van der Waals surface area (Å²) < 4.78 is 13.4. The summed E-state index contributed by atoms with van der Waals surface area (Å²) in [7, 11) is 0. The maximum absolute atomic E-state index is 13.4. The summed E-state index contributed by atoms with van der Waals surface area (Å²) in [5.74, 6) is -0.170. The van der Waals surface area contributed by atoms with Gasteiger partial charge in [0.05, 0.1) is 0 Å². The van der Waals surface area contributed by atoms with E-state index in [0.29, 0.717) is 12.6 Å². The molecule has 2 N–H and O–H groups in total. The number of hydrogen-bond acceptors (Lipinski definition) is 3. The maximum Gasteiger partial charge on any atom is 0.123 e. The van der Waals surface area contributed by atoms with Crippen LogP contribution in [0.25, 0.3) is 0 Å². The predicted molar refractivity (Wildman–Crippen MR) is 85.8 cm³/mol. The lowest BCUT2D eigenvalue weighted by Gasteiger charge is -2.48. The molecule has 1 aromatic rings. The molecule has 1 fully saturated rings. The van der Waals surface area contributed by atoms with Crippen molar-refractivity contribution in [2.24, 2.45) is 5.73 Å². The molecule has 4 heteroatoms. The normalized spacial score (nSPS) is 24.0. The van der Waals surface area contributed by atoms with Crippen LogP contribution in [0.15, 0.2) is 24.3 Å². The van der Waals surface area contributed by atoms with E-state index in [0.717, 1.165) is 38.2 Å². The van der Waals surface area contributed by atoms with Crippen LogP contribution in [-0.4, -0.2) is 54.1 Å². The van der Waals surface area contributed by atoms with Gasteiger partial charge in [-0.3, -0.25) is 9.80 Å². The van der Waals surface area contributed by atoms with Gasteiger partial charge in [0, 0.05) is 37.8 Å². The molecule has 0 saturated carbocycles. The highest BCUT2D eigenvalue weighted by atomic mass is 19.1. The number of benzene rings is 1. The molecule has 21 heavy (non-hydrogen) atoms. The Morgan fingerprint density at radius 3 is 2.71 bits per heavy atom. The standard InChI is InChI=1S/C17H28FN3/c1-4-20-8-9-21(12-14(20)2)17(3,13-19)11-15-6-5-7-16(18)10-15/h5-7,10,14H,4,8-9,11-13,19H2,1-3H3. The molecule has 2 atom stereocenters. The van der Waals surface area contributed by atoms with Gasteiger partial charge in [0.1, 0.15) is 5.82 Å². The molecule has 1 aliphatic heterocycles. The molecule has 0 radical (unpaired) electrons. The molecule has 0 aliphatic carbocycles. The molecule has 2 unspecified atom stereocenters. The van der Waals surface area contributed by atoms with E-state index in [1.807, 2.05) is 6.07 Å². The average molecular weight is 293 g/mol. The molecule has 0 aromatic heterocycles. The van der Waals surface area contributed by atoms with Crippen molar-refractivity contribution >= 4 is 0 Å². The summed E-state index contributed by atoms with van der Waals surface area (Å²) >= 11 is 0. The van der Waals surface area contributed by atoms with Crippen molar-refractivity contribution in [3.8, 4) is 0 Å². The molecule has 0 amide bonds. The van der Waals surface area contributed by atoms with Crippen LogP contribution in [0.1, 0.15) is 26.3 Å². The maximum atomic E-state index is 13.4. The zero-order chi connectivity index (χ0) is 15.5. The van der Waals surface area contributed by atoms with Crippen molar-refractivity contribution in [2.45, 2.75) is 38.8 Å². The Balaban J connectivity index is 2.10. The molecule has 1 aliphatic rings. The van der Waals surface area contributed by atoms with E-state index in [-0.39, 0.29) is 11.4 Å². The number of piperazine rings is 1. The Morgan fingerprint density at radius 1 is 1.38 bits per heavy atom. The lowest BCUT2D eigenvalue weighted by atomic mass is 9.89. The van der Waals surface area contributed by atoms with Gasteiger partial charge >= 0.3 is 0 Å². The summed E-state index contributed by atoms with van der Waals surface area (Å²) in [6, 6.07) is 7.43. The van der Waals surface area contributed by atoms with Crippen molar-refractivity contribution in [1.29, 1.82) is 0 Å². The molecule has 3 nitrogen and oxygen atoms in total. The minimum atomic E-state index is -0.170. The van der Waals surface area contributed by atoms with Gasteiger partial charge in [0.25, 0.3) is 0 Å². The predicted octanol–water partition coefficient (Wildman–Crippen LogP) is 2.11. The molecular weight excluding hydrogens is 265 g/mol. The van der Waals surface area contributed by atoms with Gasteiger partial charge < -0.3 is 5.73 Å². The second-order valence-corrected chi connectivity index (χ2v) is 6.43. The van der Waals surface area contributed by atoms with E-state index in [9.17, 15) is 4.39 Å². The van der Waals surface area contributed by atoms with Crippen LogP contribution < -0.4 is 5.73 Å². The SMILES string of the molecule is CCN1CCN(C(C)(CN)Cc2cccc(F)c2)CC1C. The van der Waals surface area contributed by atoms with Gasteiger partial charge in [0.15, 0.2) is 0 Å². The molecule has 0 spiro atoms. The number of rotatable bonds is 5. The molecule has 0 bridgehead atoms. The molecule has 1 saturated heterocycles. The zero-order valence-corrected chi connectivity index (χ0v) is 13.5. The minimum Gasteiger partial charge on any atom is -0.329 e. The first-order valence-electron chi connectivity index (χ1n) is 7.92. The van der Waals surface area contributed by atoms with Gasteiger partial charge in [-0.1, -0.05) is 19.1 Å². The van der Waals surface area contributed by atoms with E-state index in [1.54, 1.807) is 12.1 Å². The topological polar surface area (TPSA) is 32.5 Å². The van der Waals surface area contributed by atoms with Crippen LogP contribution in [0.5, 0.6) is 0 Å². The fourth-order valence-corrected chi connectivity index (χ4v) is 3.36. The third kappa shape index (κ3) is 3.82. The van der Waals surface area contributed by atoms with Crippen molar-refractivity contribution in [3.05, 3.63) is 35.6 Å². The summed E-state index contributed by atoms with van der Waals surface area (Å²) in [5, 5.41) is 0. The Kier molecular flexibility index (Phi) is 5.36. The van der Waals surface area contributed by atoms with Crippen molar-refractivity contribution < 1.29 is 4.39 Å². The second kappa shape index (κ2) is 6.86. The summed E-state index contributed by atoms with van der Waals surface area (Å²) in [6.45, 7) is 11.5. The number of hydrogen-bond donors (Lipinski definition) is 1. The van der Waals surface area contributed by atoms with E-state index >= 15 is 0 Å². The summed E-state index contributed by atoms with van der Waals surface area (Å²) in [5.41, 5.74) is 7.00. The fraction of sp³-hybridized carbons (Fsp3) is 0.647. The Bertz CT molecular complexity index is 465. The number of halogens is 1. The number of nitrogens with two attached hydrogens (primary N) is 1. The molecule has 1 aromatic carbocycles. The second-order valence-electron chi connectivity index (χ2n) is 6.43. The first kappa shape index (κ1) is 16.4. The Hall–Kier alpha value is -0.970. The molecule has 1 heterocycles. The first-order valence-corrected chi connectivity index (χ1v) is 7.92. The van der Waals surface area contributed by atoms with Crippen LogP contribution in [0.4, 0.5) is 4.39 Å². The molecule has 2 rings (SSSR count). The van der Waals surface area contributed by atoms with E-state index in [1.165, 1.54) is 6.07 Å². The number of nitrogens with zero attached hydrogens (tertiary/aromatic N) is 2. The van der Waals surface area contributed by atoms with Crippen LogP contribution in [0.3, 0.4) is 0 Å². The lowest BCUT2D eigenvalue weighted by molar-refractivity contribution is 0.0185. The molecule has 118 valence electrons. The highest BCUT2D eigenvalue weighted by Crippen LogP contribution is 2.24. The minimum absolute atomic E-state index is 0.109. The van der Waals surface area contributed by atoms with Gasteiger partial charge in [-0.05, 0) is 44.5 Å². The highest BCUT2D eigenvalue weighted by molar-refractivity contribution is 5.19. The third-order valence-corrected chi connectivity index (χ3v) is 4.85. The van der Waals surface area contributed by atoms with E-state index in [4.69, 9.17) is 5.73 Å². The van der Waals surface area contributed by atoms with Gasteiger partial charge in [-0.2, -0.15) is 0 Å². The van der Waals surface area contributed by atoms with Crippen LogP contribution in [0, 0.1) is 5.82 Å². The monoisotopic (exact) mass is 293 g/mol. The van der Waals surface area contributed by atoms with Crippen molar-refractivity contribution in [3.63, 3.8) is 0 Å². The zero-order valence-electron chi connectivity index (χ0n) is 13.5. The van der Waals surface area contributed by atoms with Gasteiger partial charge in [-0.15, -0.1) is 0 Å². The first-order chi connectivity index (χ1) is 9.98. The molecular formula is C17H28FN3. The van der Waals surface area contributed by atoms with Gasteiger partial charge in [0.2, 0.25) is 0 Å². The van der Waals surface area contributed by atoms with Gasteiger partial charge in [-0.25, -0.2) is 4.39 Å².